The van der Waals surface area contributed by atoms with Gasteiger partial charge in [0.1, 0.15) is 15.7 Å². The number of hydrogen-bond acceptors (Lipinski definition) is 4. The van der Waals surface area contributed by atoms with Gasteiger partial charge in [-0.3, -0.25) is 0 Å². The lowest BCUT2D eigenvalue weighted by Crippen LogP contribution is -1.94. The number of aryl methyl sites for hydroxylation is 1. The highest BCUT2D eigenvalue weighted by Crippen LogP contribution is 2.30. The van der Waals surface area contributed by atoms with E-state index < -0.39 is 11.8 Å². The fourth-order valence-electron chi connectivity index (χ4n) is 1.47. The number of aromatic carboxylic acids is 1. The molecule has 1 aromatic carbocycles. The first-order valence-electron chi connectivity index (χ1n) is 4.93. The first-order chi connectivity index (χ1) is 8.52. The molecule has 0 spiro atoms. The number of halogens is 1. The molecule has 0 fully saturated rings. The average Bonchev–Trinajstić information content (AvgIpc) is 2.71. The number of hydrogen-bond donors (Lipinski definition) is 1. The van der Waals surface area contributed by atoms with Crippen LogP contribution in [0.15, 0.2) is 18.2 Å². The van der Waals surface area contributed by atoms with E-state index in [1.54, 1.807) is 6.92 Å². The molecule has 0 amide bonds. The molecule has 2 aromatic rings. The highest BCUT2D eigenvalue weighted by Gasteiger charge is 2.17. The Hall–Kier alpha value is -2.26. The van der Waals surface area contributed by atoms with Crippen LogP contribution in [0.1, 0.15) is 20.9 Å². The summed E-state index contributed by atoms with van der Waals surface area (Å²) < 4.78 is 13.7. The summed E-state index contributed by atoms with van der Waals surface area (Å²) in [6.45, 7) is 1.56. The Balaban J connectivity index is 2.53. The zero-order valence-electron chi connectivity index (χ0n) is 9.27. The Morgan fingerprint density at radius 2 is 2.28 bits per heavy atom. The van der Waals surface area contributed by atoms with Gasteiger partial charge in [0.15, 0.2) is 0 Å². The smallest absolute Gasteiger partial charge is 0.347 e. The van der Waals surface area contributed by atoms with Crippen LogP contribution < -0.4 is 0 Å². The number of nitriles is 1. The van der Waals surface area contributed by atoms with Crippen molar-refractivity contribution in [2.75, 3.05) is 0 Å². The Bertz CT molecular complexity index is 673. The number of thiazole rings is 1. The van der Waals surface area contributed by atoms with Crippen LogP contribution >= 0.6 is 11.3 Å². The number of aromatic nitrogens is 1. The van der Waals surface area contributed by atoms with Crippen LogP contribution in [-0.2, 0) is 0 Å². The third kappa shape index (κ3) is 2.08. The molecule has 0 bridgehead atoms. The fraction of sp³-hybridized carbons (Fsp3) is 0.0833. The van der Waals surface area contributed by atoms with E-state index in [1.807, 2.05) is 6.07 Å². The molecule has 90 valence electrons. The SMILES string of the molecule is Cc1nc(-c2ccc(C#N)cc2F)sc1C(=O)O. The molecule has 2 rings (SSSR count). The summed E-state index contributed by atoms with van der Waals surface area (Å²) >= 11 is 0.915. The predicted octanol–water partition coefficient (Wildman–Crippen LogP) is 2.83. The molecule has 1 N–H and O–H groups in total. The first-order valence-corrected chi connectivity index (χ1v) is 5.75. The number of carboxylic acids is 1. The van der Waals surface area contributed by atoms with E-state index in [1.165, 1.54) is 12.1 Å². The van der Waals surface area contributed by atoms with Gasteiger partial charge in [-0.15, -0.1) is 11.3 Å². The van der Waals surface area contributed by atoms with E-state index in [4.69, 9.17) is 10.4 Å². The largest absolute Gasteiger partial charge is 0.477 e. The van der Waals surface area contributed by atoms with Crippen LogP contribution in [0.4, 0.5) is 4.39 Å². The Kier molecular flexibility index (Phi) is 3.08. The minimum Gasteiger partial charge on any atom is -0.477 e. The standard InChI is InChI=1S/C12H7FN2O2S/c1-6-10(12(16)17)18-11(15-6)8-3-2-7(5-14)4-9(8)13/h2-4H,1H3,(H,16,17). The molecule has 0 aliphatic rings. The molecular formula is C12H7FN2O2S. The van der Waals surface area contributed by atoms with Crippen LogP contribution in [0.2, 0.25) is 0 Å². The van der Waals surface area contributed by atoms with Crippen LogP contribution in [0.25, 0.3) is 10.6 Å². The quantitative estimate of drug-likeness (QED) is 0.903. The maximum atomic E-state index is 13.7. The molecule has 4 nitrogen and oxygen atoms in total. The molecule has 0 atom stereocenters. The lowest BCUT2D eigenvalue weighted by Gasteiger charge is -1.98. The van der Waals surface area contributed by atoms with Crippen LogP contribution in [-0.4, -0.2) is 16.1 Å². The lowest BCUT2D eigenvalue weighted by atomic mass is 10.1. The normalized spacial score (nSPS) is 10.1. The predicted molar refractivity (Wildman–Crippen MR) is 63.9 cm³/mol. The fourth-order valence-corrected chi connectivity index (χ4v) is 2.40. The van der Waals surface area contributed by atoms with Crippen molar-refractivity contribution >= 4 is 17.3 Å². The lowest BCUT2D eigenvalue weighted by molar-refractivity contribution is 0.0701. The van der Waals surface area contributed by atoms with Gasteiger partial charge < -0.3 is 5.11 Å². The molecule has 0 aliphatic carbocycles. The number of rotatable bonds is 2. The van der Waals surface area contributed by atoms with Crippen molar-refractivity contribution in [3.63, 3.8) is 0 Å². The Morgan fingerprint density at radius 1 is 1.56 bits per heavy atom. The van der Waals surface area contributed by atoms with E-state index in [0.29, 0.717) is 10.7 Å². The molecule has 18 heavy (non-hydrogen) atoms. The van der Waals surface area contributed by atoms with Crippen molar-refractivity contribution in [2.45, 2.75) is 6.92 Å². The van der Waals surface area contributed by atoms with E-state index in [-0.39, 0.29) is 16.0 Å². The van der Waals surface area contributed by atoms with Gasteiger partial charge in [0.05, 0.1) is 17.3 Å². The third-order valence-electron chi connectivity index (χ3n) is 2.32. The Labute approximate surface area is 106 Å². The second kappa shape index (κ2) is 4.55. The summed E-state index contributed by atoms with van der Waals surface area (Å²) in [4.78, 5) is 15.0. The highest BCUT2D eigenvalue weighted by molar-refractivity contribution is 7.17. The minimum absolute atomic E-state index is 0.0914. The van der Waals surface area contributed by atoms with Crippen molar-refractivity contribution in [1.82, 2.24) is 4.98 Å². The van der Waals surface area contributed by atoms with Crippen molar-refractivity contribution in [1.29, 1.82) is 5.26 Å². The highest BCUT2D eigenvalue weighted by atomic mass is 32.1. The molecule has 0 saturated carbocycles. The van der Waals surface area contributed by atoms with E-state index in [0.717, 1.165) is 17.4 Å². The van der Waals surface area contributed by atoms with E-state index in [9.17, 15) is 9.18 Å². The van der Waals surface area contributed by atoms with Crippen molar-refractivity contribution < 1.29 is 14.3 Å². The van der Waals surface area contributed by atoms with Gasteiger partial charge in [0.25, 0.3) is 0 Å². The van der Waals surface area contributed by atoms with Gasteiger partial charge in [-0.2, -0.15) is 5.26 Å². The summed E-state index contributed by atoms with van der Waals surface area (Å²) in [5, 5.41) is 17.8. The molecule has 6 heteroatoms. The zero-order valence-corrected chi connectivity index (χ0v) is 10.1. The summed E-state index contributed by atoms with van der Waals surface area (Å²) in [5.41, 5.74) is 0.767. The van der Waals surface area contributed by atoms with E-state index in [2.05, 4.69) is 4.98 Å². The van der Waals surface area contributed by atoms with Crippen LogP contribution in [0.3, 0.4) is 0 Å². The second-order valence-electron chi connectivity index (χ2n) is 3.55. The summed E-state index contributed by atoms with van der Waals surface area (Å²) in [7, 11) is 0. The molecule has 0 saturated heterocycles. The molecule has 0 unspecified atom stereocenters. The number of carbonyl (C=O) groups is 1. The summed E-state index contributed by atoms with van der Waals surface area (Å²) in [6.07, 6.45) is 0. The van der Waals surface area contributed by atoms with Gasteiger partial charge in [0.2, 0.25) is 0 Å². The summed E-state index contributed by atoms with van der Waals surface area (Å²) in [5.74, 6) is -1.66. The molecule has 0 radical (unpaired) electrons. The van der Waals surface area contributed by atoms with Gasteiger partial charge in [0, 0.05) is 5.56 Å². The maximum Gasteiger partial charge on any atom is 0.347 e. The molecule has 1 aromatic heterocycles. The van der Waals surface area contributed by atoms with Gasteiger partial charge in [-0.1, -0.05) is 0 Å². The maximum absolute atomic E-state index is 13.7. The van der Waals surface area contributed by atoms with Gasteiger partial charge >= 0.3 is 5.97 Å². The van der Waals surface area contributed by atoms with Crippen molar-refractivity contribution in [3.05, 3.63) is 40.2 Å². The second-order valence-corrected chi connectivity index (χ2v) is 4.54. The zero-order chi connectivity index (χ0) is 13.3. The summed E-state index contributed by atoms with van der Waals surface area (Å²) in [6, 6.07) is 5.83. The van der Waals surface area contributed by atoms with Crippen molar-refractivity contribution in [3.8, 4) is 16.6 Å². The molecule has 0 aliphatic heterocycles. The Morgan fingerprint density at radius 3 is 2.78 bits per heavy atom. The number of benzene rings is 1. The first kappa shape index (κ1) is 12.2. The van der Waals surface area contributed by atoms with Gasteiger partial charge in [-0.25, -0.2) is 14.2 Å². The van der Waals surface area contributed by atoms with Crippen LogP contribution in [0.5, 0.6) is 0 Å². The molecular weight excluding hydrogens is 255 g/mol. The number of carboxylic acid groups (broad SMARTS) is 1. The monoisotopic (exact) mass is 262 g/mol. The third-order valence-corrected chi connectivity index (χ3v) is 3.50. The molecule has 1 heterocycles. The van der Waals surface area contributed by atoms with Gasteiger partial charge in [-0.05, 0) is 25.1 Å². The van der Waals surface area contributed by atoms with E-state index >= 15 is 0 Å². The average molecular weight is 262 g/mol. The van der Waals surface area contributed by atoms with Crippen molar-refractivity contribution in [2.24, 2.45) is 0 Å². The van der Waals surface area contributed by atoms with Crippen LogP contribution in [0, 0.1) is 24.1 Å². The minimum atomic E-state index is -1.08. The number of nitrogens with zero attached hydrogens (tertiary/aromatic N) is 2. The topological polar surface area (TPSA) is 74.0 Å².